The second-order valence-corrected chi connectivity index (χ2v) is 8.48. The van der Waals surface area contributed by atoms with Gasteiger partial charge in [0.1, 0.15) is 11.4 Å². The molecule has 1 fully saturated rings. The van der Waals surface area contributed by atoms with Crippen molar-refractivity contribution in [2.75, 3.05) is 19.6 Å². The minimum atomic E-state index is -0.0860. The van der Waals surface area contributed by atoms with E-state index in [1.54, 1.807) is 24.4 Å². The maximum Gasteiger partial charge on any atom is 0.274 e. The van der Waals surface area contributed by atoms with Gasteiger partial charge in [-0.3, -0.25) is 4.79 Å². The lowest BCUT2D eigenvalue weighted by Gasteiger charge is -2.35. The van der Waals surface area contributed by atoms with Crippen LogP contribution in [0.1, 0.15) is 35.6 Å². The maximum absolute atomic E-state index is 13.4. The summed E-state index contributed by atoms with van der Waals surface area (Å²) in [6.07, 6.45) is 2.58. The van der Waals surface area contributed by atoms with Gasteiger partial charge < -0.3 is 24.5 Å². The second-order valence-electron chi connectivity index (χ2n) is 8.04. The van der Waals surface area contributed by atoms with Crippen molar-refractivity contribution >= 4 is 23.2 Å². The third-order valence-corrected chi connectivity index (χ3v) is 5.63. The zero-order chi connectivity index (χ0) is 22.0. The van der Waals surface area contributed by atoms with Gasteiger partial charge in [0.05, 0.1) is 22.9 Å². The number of carbonyl (C=O) groups is 1. The lowest BCUT2D eigenvalue weighted by Crippen LogP contribution is -2.48. The molecule has 4 rings (SSSR count). The zero-order valence-corrected chi connectivity index (χ0v) is 18.5. The van der Waals surface area contributed by atoms with Gasteiger partial charge in [-0.25, -0.2) is 4.98 Å². The molecule has 31 heavy (non-hydrogen) atoms. The van der Waals surface area contributed by atoms with Crippen LogP contribution in [-0.2, 0) is 17.7 Å². The number of fused-ring (bicyclic) bond motifs is 1. The Labute approximate surface area is 186 Å². The molecule has 2 atom stereocenters. The molecule has 1 aromatic carbocycles. The number of rotatable bonds is 6. The molecule has 1 amide bonds. The number of phenolic OH excluding ortho intramolecular Hbond substituents is 1. The number of morpholine rings is 1. The van der Waals surface area contributed by atoms with Gasteiger partial charge in [0.25, 0.3) is 5.91 Å². The highest BCUT2D eigenvalue weighted by molar-refractivity contribution is 6.30. The number of aromatic hydroxyl groups is 1. The number of phenols is 1. The molecule has 2 aromatic heterocycles. The Morgan fingerprint density at radius 1 is 1.19 bits per heavy atom. The van der Waals surface area contributed by atoms with E-state index in [1.807, 2.05) is 41.3 Å². The monoisotopic (exact) mass is 442 g/mol. The van der Waals surface area contributed by atoms with E-state index in [-0.39, 0.29) is 23.9 Å². The average Bonchev–Trinajstić information content (AvgIpc) is 3.09. The van der Waals surface area contributed by atoms with Crippen LogP contribution in [0, 0.1) is 0 Å². The summed E-state index contributed by atoms with van der Waals surface area (Å²) in [7, 11) is 0. The summed E-state index contributed by atoms with van der Waals surface area (Å²) >= 11 is 6.22. The molecule has 1 aliphatic rings. The molecule has 1 aliphatic heterocycles. The summed E-state index contributed by atoms with van der Waals surface area (Å²) in [5.41, 5.74) is 3.05. The number of pyridine rings is 1. The van der Waals surface area contributed by atoms with E-state index in [0.717, 1.165) is 24.2 Å². The van der Waals surface area contributed by atoms with Gasteiger partial charge in [-0.1, -0.05) is 23.7 Å². The molecule has 0 spiro atoms. The first-order valence-corrected chi connectivity index (χ1v) is 10.9. The Morgan fingerprint density at radius 3 is 2.61 bits per heavy atom. The first-order valence-electron chi connectivity index (χ1n) is 10.5. The fraction of sp³-hybridized carbons (Fsp3) is 0.391. The van der Waals surface area contributed by atoms with Crippen molar-refractivity contribution < 1.29 is 14.6 Å². The largest absolute Gasteiger partial charge is 0.508 e. The third-order valence-electron chi connectivity index (χ3n) is 5.41. The summed E-state index contributed by atoms with van der Waals surface area (Å²) in [4.78, 5) is 19.8. The van der Waals surface area contributed by atoms with Crippen molar-refractivity contribution in [1.82, 2.24) is 19.6 Å². The Morgan fingerprint density at radius 2 is 1.90 bits per heavy atom. The van der Waals surface area contributed by atoms with Crippen LogP contribution in [0.4, 0.5) is 0 Å². The Bertz CT molecular complexity index is 1060. The fourth-order valence-electron chi connectivity index (χ4n) is 4.00. The minimum Gasteiger partial charge on any atom is -0.508 e. The van der Waals surface area contributed by atoms with Crippen LogP contribution < -0.4 is 5.32 Å². The zero-order valence-electron chi connectivity index (χ0n) is 17.7. The molecule has 0 unspecified atom stereocenters. The maximum atomic E-state index is 13.4. The van der Waals surface area contributed by atoms with Crippen LogP contribution in [0.5, 0.6) is 5.75 Å². The lowest BCUT2D eigenvalue weighted by molar-refractivity contribution is -0.0587. The molecule has 3 heterocycles. The Hall–Kier alpha value is -2.61. The predicted octanol–water partition coefficient (Wildman–Crippen LogP) is 3.28. The van der Waals surface area contributed by atoms with Crippen molar-refractivity contribution in [1.29, 1.82) is 0 Å². The molecule has 1 saturated heterocycles. The number of nitrogens with one attached hydrogen (secondary N) is 1. The summed E-state index contributed by atoms with van der Waals surface area (Å²) in [5.74, 6) is 0.173. The van der Waals surface area contributed by atoms with Gasteiger partial charge in [0, 0.05) is 25.8 Å². The van der Waals surface area contributed by atoms with Crippen LogP contribution in [0.2, 0.25) is 5.02 Å². The number of hydrogen-bond donors (Lipinski definition) is 2. The van der Waals surface area contributed by atoms with Crippen molar-refractivity contribution in [3.05, 3.63) is 64.6 Å². The third kappa shape index (κ3) is 5.01. The number of imidazole rings is 1. The predicted molar refractivity (Wildman–Crippen MR) is 120 cm³/mol. The van der Waals surface area contributed by atoms with Crippen molar-refractivity contribution in [2.45, 2.75) is 39.0 Å². The summed E-state index contributed by atoms with van der Waals surface area (Å²) < 4.78 is 7.66. The molecular formula is C23H27ClN4O3. The summed E-state index contributed by atoms with van der Waals surface area (Å²) in [6, 6.07) is 10.8. The van der Waals surface area contributed by atoms with Crippen LogP contribution >= 0.6 is 11.6 Å². The van der Waals surface area contributed by atoms with E-state index in [4.69, 9.17) is 16.3 Å². The topological polar surface area (TPSA) is 79.1 Å². The van der Waals surface area contributed by atoms with E-state index in [1.165, 1.54) is 0 Å². The number of hydrogen-bond acceptors (Lipinski definition) is 5. The average molecular weight is 443 g/mol. The Balaban J connectivity index is 1.53. The smallest absolute Gasteiger partial charge is 0.274 e. The van der Waals surface area contributed by atoms with E-state index >= 15 is 0 Å². The highest BCUT2D eigenvalue weighted by Gasteiger charge is 2.30. The Kier molecular flexibility index (Phi) is 6.46. The van der Waals surface area contributed by atoms with Gasteiger partial charge >= 0.3 is 0 Å². The molecule has 8 heteroatoms. The second kappa shape index (κ2) is 9.26. The molecule has 0 radical (unpaired) electrons. The molecule has 3 aromatic rings. The van der Waals surface area contributed by atoms with Gasteiger partial charge in [-0.05, 0) is 56.6 Å². The van der Waals surface area contributed by atoms with Gasteiger partial charge in [-0.2, -0.15) is 0 Å². The van der Waals surface area contributed by atoms with E-state index in [9.17, 15) is 9.90 Å². The molecule has 0 saturated carbocycles. The van der Waals surface area contributed by atoms with Crippen molar-refractivity contribution in [2.24, 2.45) is 0 Å². The number of halogens is 1. The van der Waals surface area contributed by atoms with Crippen LogP contribution in [-0.4, -0.2) is 57.1 Å². The molecule has 0 bridgehead atoms. The highest BCUT2D eigenvalue weighted by atomic mass is 35.5. The van der Waals surface area contributed by atoms with E-state index in [2.05, 4.69) is 10.3 Å². The molecule has 164 valence electrons. The van der Waals surface area contributed by atoms with Crippen LogP contribution in [0.3, 0.4) is 0 Å². The highest BCUT2D eigenvalue weighted by Crippen LogP contribution is 2.20. The number of aromatic nitrogens is 2. The quantitative estimate of drug-likeness (QED) is 0.573. The van der Waals surface area contributed by atoms with Gasteiger partial charge in [0.2, 0.25) is 0 Å². The standard InChI is InChI=1S/C23H27ClN4O3/c1-15-12-27(13-16(2)31-15)23(30)22-20(28-14-18(24)5-8-21(28)26-22)11-25-10-9-17-3-6-19(29)7-4-17/h3-8,14-16,25,29H,9-13H2,1-2H3/t15-,16+. The van der Waals surface area contributed by atoms with E-state index < -0.39 is 0 Å². The number of carbonyl (C=O) groups excluding carboxylic acids is 1. The number of benzene rings is 1. The van der Waals surface area contributed by atoms with Crippen LogP contribution in [0.15, 0.2) is 42.6 Å². The molecule has 7 nitrogen and oxygen atoms in total. The van der Waals surface area contributed by atoms with E-state index in [0.29, 0.717) is 36.0 Å². The SMILES string of the molecule is C[C@@H]1CN(C(=O)c2nc3ccc(Cl)cn3c2CNCCc2ccc(O)cc2)C[C@H](C)O1. The van der Waals surface area contributed by atoms with Gasteiger partial charge in [-0.15, -0.1) is 0 Å². The molecular weight excluding hydrogens is 416 g/mol. The molecule has 2 N–H and O–H groups in total. The fourth-order valence-corrected chi connectivity index (χ4v) is 4.16. The summed E-state index contributed by atoms with van der Waals surface area (Å²) in [6.45, 7) is 6.25. The summed E-state index contributed by atoms with van der Waals surface area (Å²) in [5, 5.41) is 13.4. The molecule has 0 aliphatic carbocycles. The van der Waals surface area contributed by atoms with Crippen LogP contribution in [0.25, 0.3) is 5.65 Å². The van der Waals surface area contributed by atoms with Gasteiger partial charge in [0.15, 0.2) is 5.69 Å². The minimum absolute atomic E-state index is 0.00828. The first kappa shape index (κ1) is 21.6. The van der Waals surface area contributed by atoms with Crippen molar-refractivity contribution in [3.8, 4) is 5.75 Å². The van der Waals surface area contributed by atoms with Crippen molar-refractivity contribution in [3.63, 3.8) is 0 Å². The number of nitrogens with zero attached hydrogens (tertiary/aromatic N) is 3. The number of amides is 1. The lowest BCUT2D eigenvalue weighted by atomic mass is 10.1. The number of ether oxygens (including phenoxy) is 1. The first-order chi connectivity index (χ1) is 14.9. The normalized spacial score (nSPS) is 19.1.